The fourth-order valence-electron chi connectivity index (χ4n) is 2.07. The molecular formula is C13H21N3O2. The molecule has 5 nitrogen and oxygen atoms in total. The highest BCUT2D eigenvalue weighted by Crippen LogP contribution is 2.33. The molecule has 0 spiro atoms. The maximum Gasteiger partial charge on any atom is 0.293 e. The Hall–Kier alpha value is -1.36. The monoisotopic (exact) mass is 251 g/mol. The Morgan fingerprint density at radius 1 is 1.56 bits per heavy atom. The fraction of sp³-hybridized carbons (Fsp3) is 0.692. The van der Waals surface area contributed by atoms with E-state index in [0.29, 0.717) is 24.9 Å². The third kappa shape index (κ3) is 2.90. The van der Waals surface area contributed by atoms with Crippen molar-refractivity contribution in [3.8, 4) is 0 Å². The van der Waals surface area contributed by atoms with Gasteiger partial charge in [0.1, 0.15) is 0 Å². The highest BCUT2D eigenvalue weighted by Gasteiger charge is 2.27. The van der Waals surface area contributed by atoms with Crippen molar-refractivity contribution >= 4 is 5.82 Å². The van der Waals surface area contributed by atoms with Crippen LogP contribution in [0.4, 0.5) is 5.82 Å². The molecule has 18 heavy (non-hydrogen) atoms. The minimum atomic E-state index is -0.843. The van der Waals surface area contributed by atoms with Crippen molar-refractivity contribution in [3.05, 3.63) is 22.7 Å². The molecule has 0 unspecified atom stereocenters. The Bertz CT molecular complexity index is 472. The second-order valence-electron chi connectivity index (χ2n) is 5.52. The topological polar surface area (TPSA) is 58.4 Å². The zero-order chi connectivity index (χ0) is 13.3. The molecule has 0 radical (unpaired) electrons. The zero-order valence-corrected chi connectivity index (χ0v) is 11.3. The van der Waals surface area contributed by atoms with Gasteiger partial charge in [0.15, 0.2) is 5.82 Å². The molecular weight excluding hydrogens is 230 g/mol. The van der Waals surface area contributed by atoms with Crippen LogP contribution in [0.2, 0.25) is 0 Å². The third-order valence-corrected chi connectivity index (χ3v) is 3.05. The van der Waals surface area contributed by atoms with Crippen LogP contribution in [0, 0.1) is 0 Å². The van der Waals surface area contributed by atoms with E-state index in [9.17, 15) is 9.90 Å². The molecule has 0 aromatic carbocycles. The number of aliphatic hydroxyl groups is 1. The van der Waals surface area contributed by atoms with Crippen molar-refractivity contribution in [3.63, 3.8) is 0 Å². The van der Waals surface area contributed by atoms with Gasteiger partial charge < -0.3 is 14.6 Å². The van der Waals surface area contributed by atoms with Crippen molar-refractivity contribution in [2.45, 2.75) is 45.3 Å². The lowest BCUT2D eigenvalue weighted by Gasteiger charge is -2.28. The molecule has 100 valence electrons. The molecule has 1 saturated carbocycles. The molecule has 0 atom stereocenters. The maximum absolute atomic E-state index is 12.3. The lowest BCUT2D eigenvalue weighted by molar-refractivity contribution is 0.0873. The highest BCUT2D eigenvalue weighted by atomic mass is 16.3. The smallest absolute Gasteiger partial charge is 0.293 e. The van der Waals surface area contributed by atoms with E-state index in [-0.39, 0.29) is 5.56 Å². The Kier molecular flexibility index (Phi) is 3.43. The molecule has 0 saturated heterocycles. The molecule has 0 amide bonds. The second-order valence-corrected chi connectivity index (χ2v) is 5.52. The molecule has 1 N–H and O–H groups in total. The van der Waals surface area contributed by atoms with E-state index in [4.69, 9.17) is 0 Å². The van der Waals surface area contributed by atoms with Crippen molar-refractivity contribution in [2.75, 3.05) is 18.0 Å². The maximum atomic E-state index is 12.3. The summed E-state index contributed by atoms with van der Waals surface area (Å²) >= 11 is 0. The van der Waals surface area contributed by atoms with Crippen LogP contribution in [-0.4, -0.2) is 33.3 Å². The van der Waals surface area contributed by atoms with Crippen LogP contribution in [-0.2, 0) is 0 Å². The number of hydrogen-bond acceptors (Lipinski definition) is 4. The molecule has 0 aliphatic heterocycles. The second kappa shape index (κ2) is 4.72. The summed E-state index contributed by atoms with van der Waals surface area (Å²) in [5, 5.41) is 9.88. The van der Waals surface area contributed by atoms with E-state index >= 15 is 0 Å². The van der Waals surface area contributed by atoms with Gasteiger partial charge in [-0.15, -0.1) is 0 Å². The first kappa shape index (κ1) is 13.1. The quantitative estimate of drug-likeness (QED) is 0.853. The lowest BCUT2D eigenvalue weighted by Crippen LogP contribution is -2.42. The zero-order valence-electron chi connectivity index (χ0n) is 11.3. The summed E-state index contributed by atoms with van der Waals surface area (Å²) in [5.74, 6) is 0.439. The van der Waals surface area contributed by atoms with Crippen molar-refractivity contribution < 1.29 is 5.11 Å². The average molecular weight is 251 g/mol. The van der Waals surface area contributed by atoms with Crippen LogP contribution in [0.1, 0.15) is 39.7 Å². The Morgan fingerprint density at radius 3 is 2.72 bits per heavy atom. The summed E-state index contributed by atoms with van der Waals surface area (Å²) in [5.41, 5.74) is -0.893. The van der Waals surface area contributed by atoms with Gasteiger partial charge in [0.25, 0.3) is 5.56 Å². The van der Waals surface area contributed by atoms with Gasteiger partial charge in [-0.2, -0.15) is 0 Å². The number of likely N-dealkylation sites (N-methyl/N-ethyl adjacent to an activating group) is 1. The molecule has 1 aliphatic carbocycles. The minimum Gasteiger partial charge on any atom is -0.389 e. The molecule has 5 heteroatoms. The molecule has 0 bridgehead atoms. The number of aromatic nitrogens is 2. The molecule has 1 aromatic rings. The van der Waals surface area contributed by atoms with Gasteiger partial charge in [-0.05, 0) is 33.6 Å². The summed E-state index contributed by atoms with van der Waals surface area (Å²) < 4.78 is 1.76. The van der Waals surface area contributed by atoms with Gasteiger partial charge in [-0.1, -0.05) is 0 Å². The molecule has 2 rings (SSSR count). The van der Waals surface area contributed by atoms with Crippen molar-refractivity contribution in [1.29, 1.82) is 0 Å². The van der Waals surface area contributed by atoms with E-state index < -0.39 is 5.60 Å². The largest absolute Gasteiger partial charge is 0.389 e. The number of rotatable bonds is 5. The van der Waals surface area contributed by atoms with Crippen molar-refractivity contribution in [1.82, 2.24) is 9.55 Å². The molecule has 1 aliphatic rings. The molecule has 1 heterocycles. The predicted octanol–water partition coefficient (Wildman–Crippen LogP) is 1.18. The van der Waals surface area contributed by atoms with Crippen LogP contribution in [0.5, 0.6) is 0 Å². The fourth-order valence-corrected chi connectivity index (χ4v) is 2.07. The first-order valence-electron chi connectivity index (χ1n) is 6.47. The Morgan fingerprint density at radius 2 is 2.22 bits per heavy atom. The van der Waals surface area contributed by atoms with E-state index in [2.05, 4.69) is 4.98 Å². The normalized spacial score (nSPS) is 15.8. The summed E-state index contributed by atoms with van der Waals surface area (Å²) in [7, 11) is 0. The Labute approximate surface area is 107 Å². The third-order valence-electron chi connectivity index (χ3n) is 3.05. The van der Waals surface area contributed by atoms with Crippen LogP contribution < -0.4 is 10.5 Å². The van der Waals surface area contributed by atoms with Gasteiger partial charge in [0.05, 0.1) is 5.60 Å². The predicted molar refractivity (Wildman–Crippen MR) is 71.0 cm³/mol. The van der Waals surface area contributed by atoms with E-state index in [1.54, 1.807) is 30.8 Å². The average Bonchev–Trinajstić information content (AvgIpc) is 3.09. The van der Waals surface area contributed by atoms with Crippen LogP contribution in [0.15, 0.2) is 17.2 Å². The van der Waals surface area contributed by atoms with Gasteiger partial charge >= 0.3 is 0 Å². The van der Waals surface area contributed by atoms with Crippen LogP contribution >= 0.6 is 0 Å². The van der Waals surface area contributed by atoms with Crippen molar-refractivity contribution in [2.24, 2.45) is 0 Å². The van der Waals surface area contributed by atoms with Gasteiger partial charge in [0.2, 0.25) is 0 Å². The molecule has 1 fully saturated rings. The summed E-state index contributed by atoms with van der Waals surface area (Å²) in [6.45, 7) is 6.48. The highest BCUT2D eigenvalue weighted by molar-refractivity contribution is 5.36. The standard InChI is InChI=1S/C13H21N3O2/c1-4-15(9-13(2,3)18)11-12(17)16(8-7-14-11)10-5-6-10/h7-8,10,18H,4-6,9H2,1-3H3. The first-order valence-corrected chi connectivity index (χ1v) is 6.47. The first-order chi connectivity index (χ1) is 8.42. The molecule has 1 aromatic heterocycles. The van der Waals surface area contributed by atoms with E-state index in [1.165, 1.54) is 0 Å². The van der Waals surface area contributed by atoms with Gasteiger partial charge in [0, 0.05) is 31.5 Å². The lowest BCUT2D eigenvalue weighted by atomic mass is 10.1. The minimum absolute atomic E-state index is 0.0499. The SMILES string of the molecule is CCN(CC(C)(C)O)c1nccn(C2CC2)c1=O. The summed E-state index contributed by atoms with van der Waals surface area (Å²) in [6.07, 6.45) is 5.56. The van der Waals surface area contributed by atoms with Crippen LogP contribution in [0.25, 0.3) is 0 Å². The van der Waals surface area contributed by atoms with Crippen LogP contribution in [0.3, 0.4) is 0 Å². The van der Waals surface area contributed by atoms with E-state index in [1.807, 2.05) is 11.8 Å². The van der Waals surface area contributed by atoms with E-state index in [0.717, 1.165) is 12.8 Å². The number of hydrogen-bond donors (Lipinski definition) is 1. The van der Waals surface area contributed by atoms with Gasteiger partial charge in [-0.3, -0.25) is 4.79 Å². The van der Waals surface area contributed by atoms with Gasteiger partial charge in [-0.25, -0.2) is 4.98 Å². The number of nitrogens with zero attached hydrogens (tertiary/aromatic N) is 3. The summed E-state index contributed by atoms with van der Waals surface area (Å²) in [6, 6.07) is 0.347. The Balaban J connectivity index is 2.30. The number of anilines is 1. The summed E-state index contributed by atoms with van der Waals surface area (Å²) in [4.78, 5) is 18.3.